The number of aliphatic hydroxyl groups excluding tert-OH is 1. The fourth-order valence-electron chi connectivity index (χ4n) is 2.94. The number of nitrogens with zero attached hydrogens (tertiary/aromatic N) is 2. The van der Waals surface area contributed by atoms with E-state index in [9.17, 15) is 5.11 Å². The molecule has 0 bridgehead atoms. The third kappa shape index (κ3) is 4.95. The molecule has 1 aliphatic heterocycles. The lowest BCUT2D eigenvalue weighted by Gasteiger charge is -2.36. The molecule has 5 nitrogen and oxygen atoms in total. The molecule has 0 spiro atoms. The van der Waals surface area contributed by atoms with E-state index in [2.05, 4.69) is 54.2 Å². The van der Waals surface area contributed by atoms with Crippen LogP contribution >= 0.6 is 0 Å². The first-order chi connectivity index (χ1) is 11.5. The first-order valence-corrected chi connectivity index (χ1v) is 8.88. The van der Waals surface area contributed by atoms with Crippen molar-refractivity contribution in [3.05, 3.63) is 34.9 Å². The highest BCUT2D eigenvalue weighted by atomic mass is 16.5. The molecule has 2 unspecified atom stereocenters. The minimum Gasteiger partial charge on any atom is -0.396 e. The first-order valence-electron chi connectivity index (χ1n) is 8.88. The fourth-order valence-corrected chi connectivity index (χ4v) is 2.94. The van der Waals surface area contributed by atoms with Crippen molar-refractivity contribution in [2.75, 3.05) is 39.4 Å². The van der Waals surface area contributed by atoms with E-state index in [1.54, 1.807) is 0 Å². The molecular formula is C19H31N3O2. The monoisotopic (exact) mass is 333 g/mol. The minimum atomic E-state index is 0.0680. The lowest BCUT2D eigenvalue weighted by molar-refractivity contribution is -0.00836. The predicted octanol–water partition coefficient (Wildman–Crippen LogP) is 2.27. The van der Waals surface area contributed by atoms with Gasteiger partial charge in [-0.2, -0.15) is 0 Å². The second-order valence-corrected chi connectivity index (χ2v) is 6.65. The normalized spacial score (nSPS) is 20.1. The number of benzene rings is 1. The van der Waals surface area contributed by atoms with Crippen LogP contribution in [0.15, 0.2) is 23.2 Å². The van der Waals surface area contributed by atoms with Crippen LogP contribution in [0.25, 0.3) is 0 Å². The standard InChI is InChI=1S/C19H31N3O2/c1-5-20-19(21-11-15(3)13-23)22-8-9-24-18(12-22)17-7-6-14(2)10-16(17)4/h6-7,10,15,18,23H,5,8-9,11-13H2,1-4H3,(H,20,21). The van der Waals surface area contributed by atoms with Crippen LogP contribution in [-0.2, 0) is 4.74 Å². The van der Waals surface area contributed by atoms with Gasteiger partial charge in [-0.05, 0) is 37.8 Å². The van der Waals surface area contributed by atoms with Gasteiger partial charge in [0, 0.05) is 26.2 Å². The molecule has 2 atom stereocenters. The number of aliphatic hydroxyl groups is 1. The zero-order valence-corrected chi connectivity index (χ0v) is 15.4. The molecule has 2 rings (SSSR count). The molecule has 0 aromatic heterocycles. The van der Waals surface area contributed by atoms with Gasteiger partial charge in [-0.25, -0.2) is 0 Å². The molecule has 2 N–H and O–H groups in total. The number of aryl methyl sites for hydroxylation is 2. The van der Waals surface area contributed by atoms with Crippen LogP contribution in [0.2, 0.25) is 0 Å². The van der Waals surface area contributed by atoms with E-state index in [0.29, 0.717) is 13.2 Å². The molecule has 1 fully saturated rings. The molecule has 134 valence electrons. The van der Waals surface area contributed by atoms with E-state index in [-0.39, 0.29) is 18.6 Å². The van der Waals surface area contributed by atoms with E-state index < -0.39 is 0 Å². The Kier molecular flexibility index (Phi) is 7.06. The SMILES string of the molecule is CCNC(=NCC(C)CO)N1CCOC(c2ccc(C)cc2C)C1. The van der Waals surface area contributed by atoms with Gasteiger partial charge in [-0.15, -0.1) is 0 Å². The number of guanidine groups is 1. The molecule has 5 heteroatoms. The Morgan fingerprint density at radius 1 is 1.46 bits per heavy atom. The number of morpholine rings is 1. The molecular weight excluding hydrogens is 302 g/mol. The third-order valence-corrected chi connectivity index (χ3v) is 4.34. The maximum atomic E-state index is 9.21. The maximum Gasteiger partial charge on any atom is 0.194 e. The molecule has 0 amide bonds. The summed E-state index contributed by atoms with van der Waals surface area (Å²) in [7, 11) is 0. The maximum absolute atomic E-state index is 9.21. The van der Waals surface area contributed by atoms with Crippen molar-refractivity contribution in [2.24, 2.45) is 10.9 Å². The summed E-state index contributed by atoms with van der Waals surface area (Å²) in [6.45, 7) is 12.3. The molecule has 1 aromatic carbocycles. The molecule has 0 aliphatic carbocycles. The van der Waals surface area contributed by atoms with Crippen LogP contribution in [0.4, 0.5) is 0 Å². The molecule has 1 aliphatic rings. The van der Waals surface area contributed by atoms with Gasteiger partial charge >= 0.3 is 0 Å². The molecule has 0 saturated carbocycles. The van der Waals surface area contributed by atoms with E-state index in [4.69, 9.17) is 4.74 Å². The second kappa shape index (κ2) is 9.04. The summed E-state index contributed by atoms with van der Waals surface area (Å²) in [6.07, 6.45) is 0.0680. The lowest BCUT2D eigenvalue weighted by Crippen LogP contribution is -2.48. The van der Waals surface area contributed by atoms with Crippen molar-refractivity contribution in [2.45, 2.75) is 33.8 Å². The average molecular weight is 333 g/mol. The van der Waals surface area contributed by atoms with Crippen molar-refractivity contribution in [3.63, 3.8) is 0 Å². The molecule has 0 radical (unpaired) electrons. The number of ether oxygens (including phenoxy) is 1. The smallest absolute Gasteiger partial charge is 0.194 e. The average Bonchev–Trinajstić information content (AvgIpc) is 2.58. The third-order valence-electron chi connectivity index (χ3n) is 4.34. The van der Waals surface area contributed by atoms with Gasteiger partial charge in [0.1, 0.15) is 6.10 Å². The Morgan fingerprint density at radius 2 is 2.25 bits per heavy atom. The lowest BCUT2D eigenvalue weighted by atomic mass is 10.00. The van der Waals surface area contributed by atoms with Crippen LogP contribution < -0.4 is 5.32 Å². The highest BCUT2D eigenvalue weighted by Crippen LogP contribution is 2.25. The minimum absolute atomic E-state index is 0.0680. The molecule has 1 saturated heterocycles. The quantitative estimate of drug-likeness (QED) is 0.641. The van der Waals surface area contributed by atoms with Crippen molar-refractivity contribution in [3.8, 4) is 0 Å². The summed E-state index contributed by atoms with van der Waals surface area (Å²) >= 11 is 0. The largest absolute Gasteiger partial charge is 0.396 e. The Labute approximate surface area is 145 Å². The highest BCUT2D eigenvalue weighted by Gasteiger charge is 2.25. The van der Waals surface area contributed by atoms with E-state index in [1.807, 2.05) is 6.92 Å². The van der Waals surface area contributed by atoms with Gasteiger partial charge in [0.2, 0.25) is 0 Å². The topological polar surface area (TPSA) is 57.1 Å². The Balaban J connectivity index is 2.12. The molecule has 1 aromatic rings. The van der Waals surface area contributed by atoms with Crippen LogP contribution in [-0.4, -0.2) is 55.4 Å². The zero-order chi connectivity index (χ0) is 17.5. The summed E-state index contributed by atoms with van der Waals surface area (Å²) in [4.78, 5) is 6.95. The Morgan fingerprint density at radius 3 is 2.92 bits per heavy atom. The van der Waals surface area contributed by atoms with E-state index in [0.717, 1.165) is 25.6 Å². The van der Waals surface area contributed by atoms with Gasteiger partial charge in [0.25, 0.3) is 0 Å². The Hall–Kier alpha value is -1.59. The zero-order valence-electron chi connectivity index (χ0n) is 15.4. The number of rotatable bonds is 5. The van der Waals surface area contributed by atoms with Gasteiger partial charge in [0.15, 0.2) is 5.96 Å². The summed E-state index contributed by atoms with van der Waals surface area (Å²) in [5, 5.41) is 12.6. The van der Waals surface area contributed by atoms with Gasteiger partial charge in [-0.3, -0.25) is 4.99 Å². The summed E-state index contributed by atoms with van der Waals surface area (Å²) < 4.78 is 6.03. The molecule has 1 heterocycles. The summed E-state index contributed by atoms with van der Waals surface area (Å²) in [5.74, 6) is 1.09. The summed E-state index contributed by atoms with van der Waals surface area (Å²) in [6, 6.07) is 6.53. The molecule has 24 heavy (non-hydrogen) atoms. The fraction of sp³-hybridized carbons (Fsp3) is 0.632. The van der Waals surface area contributed by atoms with Crippen LogP contribution in [0.1, 0.15) is 36.6 Å². The van der Waals surface area contributed by atoms with Gasteiger partial charge < -0.3 is 20.1 Å². The van der Waals surface area contributed by atoms with Crippen LogP contribution in [0.3, 0.4) is 0 Å². The predicted molar refractivity (Wildman–Crippen MR) is 98.4 cm³/mol. The van der Waals surface area contributed by atoms with Crippen molar-refractivity contribution >= 4 is 5.96 Å². The number of hydrogen-bond donors (Lipinski definition) is 2. The highest BCUT2D eigenvalue weighted by molar-refractivity contribution is 5.80. The van der Waals surface area contributed by atoms with Crippen LogP contribution in [0, 0.1) is 19.8 Å². The van der Waals surface area contributed by atoms with E-state index in [1.165, 1.54) is 16.7 Å². The van der Waals surface area contributed by atoms with Gasteiger partial charge in [0.05, 0.1) is 13.2 Å². The van der Waals surface area contributed by atoms with E-state index >= 15 is 0 Å². The van der Waals surface area contributed by atoms with Crippen molar-refractivity contribution < 1.29 is 9.84 Å². The second-order valence-electron chi connectivity index (χ2n) is 6.65. The Bertz CT molecular complexity index is 560. The van der Waals surface area contributed by atoms with Gasteiger partial charge in [-0.1, -0.05) is 30.7 Å². The van der Waals surface area contributed by atoms with Crippen LogP contribution in [0.5, 0.6) is 0 Å². The van der Waals surface area contributed by atoms with Crippen molar-refractivity contribution in [1.29, 1.82) is 0 Å². The first kappa shape index (κ1) is 18.7. The number of aliphatic imine (C=N–C) groups is 1. The van der Waals surface area contributed by atoms with Crippen molar-refractivity contribution in [1.82, 2.24) is 10.2 Å². The number of nitrogens with one attached hydrogen (secondary N) is 1. The summed E-state index contributed by atoms with van der Waals surface area (Å²) in [5.41, 5.74) is 3.80. The number of hydrogen-bond acceptors (Lipinski definition) is 3.